The van der Waals surface area contributed by atoms with Gasteiger partial charge in [0.2, 0.25) is 5.16 Å². The van der Waals surface area contributed by atoms with E-state index < -0.39 is 0 Å². The molecule has 130 valence electrons. The van der Waals surface area contributed by atoms with Gasteiger partial charge in [-0.05, 0) is 29.3 Å². The van der Waals surface area contributed by atoms with E-state index in [9.17, 15) is 4.79 Å². The number of nitrogens with zero attached hydrogens (tertiary/aromatic N) is 5. The van der Waals surface area contributed by atoms with Gasteiger partial charge in [-0.25, -0.2) is 9.67 Å². The van der Waals surface area contributed by atoms with Crippen molar-refractivity contribution < 1.29 is 9.47 Å². The Bertz CT molecular complexity index is 981. The van der Waals surface area contributed by atoms with Crippen molar-refractivity contribution in [2.45, 2.75) is 29.8 Å². The Balaban J connectivity index is 1.63. The minimum Gasteiger partial charge on any atom is -0.493 e. The summed E-state index contributed by atoms with van der Waals surface area (Å²) in [5.41, 5.74) is 0.335. The van der Waals surface area contributed by atoms with Crippen LogP contribution in [0.2, 0.25) is 0 Å². The first-order valence-corrected chi connectivity index (χ1v) is 8.73. The van der Waals surface area contributed by atoms with Gasteiger partial charge in [0.25, 0.3) is 5.56 Å². The molecule has 1 saturated carbocycles. The molecule has 0 unspecified atom stereocenters. The van der Waals surface area contributed by atoms with Crippen LogP contribution in [0.4, 0.5) is 0 Å². The number of nitrogens with one attached hydrogen (secondary N) is 1. The van der Waals surface area contributed by atoms with Gasteiger partial charge in [-0.2, -0.15) is 0 Å². The maximum Gasteiger partial charge on any atom is 0.258 e. The van der Waals surface area contributed by atoms with Crippen LogP contribution < -0.4 is 15.0 Å². The van der Waals surface area contributed by atoms with Gasteiger partial charge in [-0.3, -0.25) is 4.79 Å². The monoisotopic (exact) mass is 360 g/mol. The molecule has 0 amide bonds. The molecule has 0 saturated heterocycles. The molecule has 0 radical (unpaired) electrons. The summed E-state index contributed by atoms with van der Waals surface area (Å²) in [5.74, 6) is 2.05. The number of H-pyrrole nitrogens is 1. The first-order valence-electron chi connectivity index (χ1n) is 7.75. The fraction of sp³-hybridized carbons (Fsp3) is 0.400. The van der Waals surface area contributed by atoms with E-state index in [4.69, 9.17) is 9.47 Å². The summed E-state index contributed by atoms with van der Waals surface area (Å²) in [7, 11) is 3.08. The minimum absolute atomic E-state index is 0.219. The quantitative estimate of drug-likeness (QED) is 0.660. The first-order chi connectivity index (χ1) is 12.2. The summed E-state index contributed by atoms with van der Waals surface area (Å²) in [6, 6.07) is 3.73. The smallest absolute Gasteiger partial charge is 0.258 e. The maximum absolute atomic E-state index is 12.4. The average Bonchev–Trinajstić information content (AvgIpc) is 3.36. The zero-order chi connectivity index (χ0) is 17.4. The third-order valence-electron chi connectivity index (χ3n) is 3.95. The predicted octanol–water partition coefficient (Wildman–Crippen LogP) is 1.55. The van der Waals surface area contributed by atoms with E-state index >= 15 is 0 Å². The Morgan fingerprint density at radius 3 is 2.76 bits per heavy atom. The molecule has 25 heavy (non-hydrogen) atoms. The van der Waals surface area contributed by atoms with Crippen molar-refractivity contribution in [2.24, 2.45) is 0 Å². The second-order valence-electron chi connectivity index (χ2n) is 5.66. The third kappa shape index (κ3) is 3.04. The minimum atomic E-state index is -0.219. The van der Waals surface area contributed by atoms with Gasteiger partial charge in [0.1, 0.15) is 5.82 Å². The Morgan fingerprint density at radius 1 is 1.28 bits per heavy atom. The van der Waals surface area contributed by atoms with Crippen LogP contribution in [-0.4, -0.2) is 44.4 Å². The number of aromatic amines is 1. The predicted molar refractivity (Wildman–Crippen MR) is 91.1 cm³/mol. The first kappa shape index (κ1) is 15.9. The summed E-state index contributed by atoms with van der Waals surface area (Å²) < 4.78 is 12.3. The normalized spacial score (nSPS) is 14.0. The molecule has 3 aromatic rings. The topological polar surface area (TPSA) is 108 Å². The number of methoxy groups -OCH3 is 2. The van der Waals surface area contributed by atoms with Crippen LogP contribution >= 0.6 is 11.8 Å². The lowest BCUT2D eigenvalue weighted by molar-refractivity contribution is 0.355. The number of hydrogen-bond donors (Lipinski definition) is 1. The van der Waals surface area contributed by atoms with Gasteiger partial charge in [-0.1, -0.05) is 11.8 Å². The largest absolute Gasteiger partial charge is 0.493 e. The Morgan fingerprint density at radius 2 is 2.04 bits per heavy atom. The lowest BCUT2D eigenvalue weighted by atomic mass is 10.2. The van der Waals surface area contributed by atoms with E-state index in [0.29, 0.717) is 40.0 Å². The van der Waals surface area contributed by atoms with Gasteiger partial charge >= 0.3 is 0 Å². The number of hydrogen-bond acceptors (Lipinski definition) is 8. The summed E-state index contributed by atoms with van der Waals surface area (Å²) in [6.07, 6.45) is 2.20. The second kappa shape index (κ2) is 6.36. The van der Waals surface area contributed by atoms with Crippen molar-refractivity contribution >= 4 is 22.7 Å². The van der Waals surface area contributed by atoms with Crippen LogP contribution in [0.1, 0.15) is 24.7 Å². The fourth-order valence-corrected chi connectivity index (χ4v) is 3.36. The molecule has 2 heterocycles. The molecule has 0 bridgehead atoms. The van der Waals surface area contributed by atoms with Crippen LogP contribution in [-0.2, 0) is 5.75 Å². The number of ether oxygens (including phenoxy) is 2. The van der Waals surface area contributed by atoms with Crippen molar-refractivity contribution in [1.82, 2.24) is 30.2 Å². The number of thioether (sulfide) groups is 1. The van der Waals surface area contributed by atoms with Crippen molar-refractivity contribution in [2.75, 3.05) is 14.2 Å². The van der Waals surface area contributed by atoms with E-state index in [-0.39, 0.29) is 5.56 Å². The van der Waals surface area contributed by atoms with E-state index in [0.717, 1.165) is 18.0 Å². The fourth-order valence-electron chi connectivity index (χ4n) is 2.54. The highest BCUT2D eigenvalue weighted by atomic mass is 32.2. The van der Waals surface area contributed by atoms with Crippen LogP contribution in [0.25, 0.3) is 10.9 Å². The van der Waals surface area contributed by atoms with Crippen molar-refractivity contribution in [3.8, 4) is 11.5 Å². The van der Waals surface area contributed by atoms with Gasteiger partial charge in [0, 0.05) is 6.07 Å². The highest BCUT2D eigenvalue weighted by Crippen LogP contribution is 2.36. The summed E-state index contributed by atoms with van der Waals surface area (Å²) in [6.45, 7) is 0. The molecule has 4 rings (SSSR count). The molecular weight excluding hydrogens is 344 g/mol. The third-order valence-corrected chi connectivity index (χ3v) is 4.90. The van der Waals surface area contributed by atoms with Crippen LogP contribution in [0, 0.1) is 0 Å². The molecular formula is C15H16N6O3S. The number of rotatable bonds is 6. The molecule has 10 heteroatoms. The maximum atomic E-state index is 12.4. The SMILES string of the molecule is COc1cc2nc(CSc3nnnn3C3CC3)[nH]c(=O)c2cc1OC. The van der Waals surface area contributed by atoms with Crippen LogP contribution in [0.5, 0.6) is 11.5 Å². The van der Waals surface area contributed by atoms with E-state index in [1.54, 1.807) is 19.2 Å². The number of fused-ring (bicyclic) bond motifs is 1. The molecule has 0 spiro atoms. The molecule has 0 atom stereocenters. The van der Waals surface area contributed by atoms with E-state index in [1.807, 2.05) is 4.68 Å². The molecule has 1 N–H and O–H groups in total. The molecule has 0 aliphatic heterocycles. The number of aromatic nitrogens is 6. The summed E-state index contributed by atoms with van der Waals surface area (Å²) >= 11 is 1.45. The molecule has 1 fully saturated rings. The zero-order valence-corrected chi connectivity index (χ0v) is 14.5. The Kier molecular flexibility index (Phi) is 4.04. The van der Waals surface area contributed by atoms with Crippen molar-refractivity contribution in [3.63, 3.8) is 0 Å². The summed E-state index contributed by atoms with van der Waals surface area (Å²) in [5, 5.41) is 13.0. The highest BCUT2D eigenvalue weighted by molar-refractivity contribution is 7.98. The number of benzene rings is 1. The molecule has 1 aliphatic rings. The van der Waals surface area contributed by atoms with Gasteiger partial charge in [0.15, 0.2) is 11.5 Å². The molecule has 2 aromatic heterocycles. The van der Waals surface area contributed by atoms with Crippen molar-refractivity contribution in [3.05, 3.63) is 28.3 Å². The zero-order valence-electron chi connectivity index (χ0n) is 13.7. The lowest BCUT2D eigenvalue weighted by Gasteiger charge is -2.09. The molecule has 1 aromatic carbocycles. The van der Waals surface area contributed by atoms with Crippen molar-refractivity contribution in [1.29, 1.82) is 0 Å². The van der Waals surface area contributed by atoms with Gasteiger partial charge < -0.3 is 14.5 Å². The van der Waals surface area contributed by atoms with Gasteiger partial charge in [0.05, 0.1) is 36.9 Å². The van der Waals surface area contributed by atoms with Crippen LogP contribution in [0.15, 0.2) is 22.1 Å². The average molecular weight is 360 g/mol. The van der Waals surface area contributed by atoms with Crippen LogP contribution in [0.3, 0.4) is 0 Å². The van der Waals surface area contributed by atoms with Gasteiger partial charge in [-0.15, -0.1) is 5.10 Å². The molecule has 1 aliphatic carbocycles. The van der Waals surface area contributed by atoms with E-state index in [2.05, 4.69) is 25.5 Å². The lowest BCUT2D eigenvalue weighted by Crippen LogP contribution is -2.12. The summed E-state index contributed by atoms with van der Waals surface area (Å²) in [4.78, 5) is 19.7. The highest BCUT2D eigenvalue weighted by Gasteiger charge is 2.28. The standard InChI is InChI=1S/C15H16N6O3S/c1-23-11-5-9-10(6-12(11)24-2)16-13(17-14(9)22)7-25-15-18-19-20-21(15)8-3-4-8/h5-6,8H,3-4,7H2,1-2H3,(H,16,17,22). The molecule has 9 nitrogen and oxygen atoms in total. The number of tetrazole rings is 1. The second-order valence-corrected chi connectivity index (χ2v) is 6.61. The Hall–Kier alpha value is -2.62. The van der Waals surface area contributed by atoms with E-state index in [1.165, 1.54) is 18.9 Å². The Labute approximate surface area is 146 Å².